The van der Waals surface area contributed by atoms with Gasteiger partial charge in [-0.3, -0.25) is 24.6 Å². The number of carbonyl (C=O) groups excluding carboxylic acids is 2. The van der Waals surface area contributed by atoms with E-state index in [1.54, 1.807) is 92.0 Å². The molecule has 0 saturated carbocycles. The quantitative estimate of drug-likeness (QED) is 0.436. The van der Waals surface area contributed by atoms with Gasteiger partial charge in [0, 0.05) is 35.4 Å². The summed E-state index contributed by atoms with van der Waals surface area (Å²) in [6, 6.07) is 21.7. The third-order valence-corrected chi connectivity index (χ3v) is 5.92. The molecule has 0 aromatic heterocycles. The van der Waals surface area contributed by atoms with Crippen molar-refractivity contribution in [2.75, 3.05) is 12.0 Å². The first kappa shape index (κ1) is 22.7. The Bertz CT molecular complexity index is 1270. The van der Waals surface area contributed by atoms with Crippen molar-refractivity contribution in [1.82, 2.24) is 5.32 Å². The van der Waals surface area contributed by atoms with Crippen molar-refractivity contribution in [3.8, 4) is 5.75 Å². The zero-order valence-corrected chi connectivity index (χ0v) is 18.7. The molecule has 0 spiro atoms. The summed E-state index contributed by atoms with van der Waals surface area (Å²) in [5.74, 6) is -1.11. The lowest BCUT2D eigenvalue weighted by molar-refractivity contribution is -0.385. The number of nitrogens with zero attached hydrogens (tertiary/aromatic N) is 2. The third-order valence-electron chi connectivity index (χ3n) is 5.92. The van der Waals surface area contributed by atoms with Crippen molar-refractivity contribution < 1.29 is 19.2 Å². The van der Waals surface area contributed by atoms with E-state index in [-0.39, 0.29) is 5.69 Å². The molecule has 0 unspecified atom stereocenters. The number of nitro benzene ring substituents is 1. The number of hydrogen-bond donors (Lipinski definition) is 1. The topological polar surface area (TPSA) is 102 Å². The highest BCUT2D eigenvalue weighted by atomic mass is 16.6. The first-order valence-corrected chi connectivity index (χ1v) is 10.6. The van der Waals surface area contributed by atoms with Crippen molar-refractivity contribution in [2.24, 2.45) is 0 Å². The van der Waals surface area contributed by atoms with E-state index in [9.17, 15) is 19.7 Å². The largest absolute Gasteiger partial charge is 0.497 e. The minimum Gasteiger partial charge on any atom is -0.497 e. The number of para-hydroxylation sites is 1. The molecule has 0 radical (unpaired) electrons. The van der Waals surface area contributed by atoms with Crippen molar-refractivity contribution in [1.29, 1.82) is 0 Å². The number of methoxy groups -OCH3 is 1. The van der Waals surface area contributed by atoms with E-state index in [0.717, 1.165) is 0 Å². The van der Waals surface area contributed by atoms with Crippen molar-refractivity contribution in [2.45, 2.75) is 18.4 Å². The second-order valence-corrected chi connectivity index (χ2v) is 8.03. The van der Waals surface area contributed by atoms with Crippen LogP contribution in [0.15, 0.2) is 91.1 Å². The van der Waals surface area contributed by atoms with Crippen LogP contribution < -0.4 is 15.0 Å². The number of nitrogens with one attached hydrogen (secondary N) is 1. The first-order valence-electron chi connectivity index (χ1n) is 10.6. The SMILES string of the molecule is COc1cccc(N2C=C[C@@H](c3ccccc3[N+](=O)[O-])[C@](C)(NC(=O)c3ccccc3)C2=O)c1. The Morgan fingerprint density at radius 1 is 1.06 bits per heavy atom. The Balaban J connectivity index is 1.83. The summed E-state index contributed by atoms with van der Waals surface area (Å²) in [4.78, 5) is 39.7. The van der Waals surface area contributed by atoms with Crippen LogP contribution in [0.1, 0.15) is 28.8 Å². The Morgan fingerprint density at radius 2 is 1.76 bits per heavy atom. The fourth-order valence-corrected chi connectivity index (χ4v) is 4.14. The minimum absolute atomic E-state index is 0.125. The highest BCUT2D eigenvalue weighted by Crippen LogP contribution is 2.40. The molecule has 0 fully saturated rings. The van der Waals surface area contributed by atoms with Gasteiger partial charge in [0.15, 0.2) is 0 Å². The summed E-state index contributed by atoms with van der Waals surface area (Å²) in [5, 5.41) is 14.6. The van der Waals surface area contributed by atoms with Crippen LogP contribution in [-0.4, -0.2) is 29.4 Å². The number of ether oxygens (including phenoxy) is 1. The van der Waals surface area contributed by atoms with Gasteiger partial charge in [-0.1, -0.05) is 48.5 Å². The van der Waals surface area contributed by atoms with Crippen molar-refractivity contribution >= 4 is 23.2 Å². The molecule has 2 amide bonds. The maximum atomic E-state index is 13.9. The van der Waals surface area contributed by atoms with Gasteiger partial charge in [-0.2, -0.15) is 0 Å². The number of nitro groups is 1. The highest BCUT2D eigenvalue weighted by Gasteiger charge is 2.49. The van der Waals surface area contributed by atoms with Crippen LogP contribution in [0.4, 0.5) is 11.4 Å². The maximum absolute atomic E-state index is 13.9. The lowest BCUT2D eigenvalue weighted by Gasteiger charge is -2.42. The summed E-state index contributed by atoms with van der Waals surface area (Å²) in [6.45, 7) is 1.59. The van der Waals surface area contributed by atoms with Crippen LogP contribution >= 0.6 is 0 Å². The van der Waals surface area contributed by atoms with E-state index in [4.69, 9.17) is 4.74 Å². The molecule has 4 rings (SSSR count). The van der Waals surface area contributed by atoms with E-state index in [0.29, 0.717) is 22.6 Å². The molecule has 8 heteroatoms. The van der Waals surface area contributed by atoms with Crippen LogP contribution in [0.2, 0.25) is 0 Å². The van der Waals surface area contributed by atoms with Crippen LogP contribution in [0.3, 0.4) is 0 Å². The summed E-state index contributed by atoms with van der Waals surface area (Å²) in [6.07, 6.45) is 3.28. The van der Waals surface area contributed by atoms with Gasteiger partial charge in [0.2, 0.25) is 0 Å². The zero-order chi connectivity index (χ0) is 24.3. The summed E-state index contributed by atoms with van der Waals surface area (Å²) < 4.78 is 5.28. The molecule has 0 bridgehead atoms. The Labute approximate surface area is 196 Å². The average Bonchev–Trinajstić information content (AvgIpc) is 2.86. The van der Waals surface area contributed by atoms with Gasteiger partial charge >= 0.3 is 0 Å². The summed E-state index contributed by atoms with van der Waals surface area (Å²) in [5.41, 5.74) is -0.392. The Morgan fingerprint density at radius 3 is 2.47 bits per heavy atom. The molecule has 2 atom stereocenters. The van der Waals surface area contributed by atoms with Crippen LogP contribution in [0.25, 0.3) is 0 Å². The van der Waals surface area contributed by atoms with Crippen LogP contribution in [0.5, 0.6) is 5.75 Å². The number of rotatable bonds is 6. The summed E-state index contributed by atoms with van der Waals surface area (Å²) in [7, 11) is 1.53. The molecule has 3 aromatic rings. The van der Waals surface area contributed by atoms with Gasteiger partial charge in [0.25, 0.3) is 17.5 Å². The molecule has 1 aliphatic heterocycles. The highest BCUT2D eigenvalue weighted by molar-refractivity contribution is 6.07. The van der Waals surface area contributed by atoms with E-state index < -0.39 is 28.2 Å². The van der Waals surface area contributed by atoms with Gasteiger partial charge < -0.3 is 10.1 Å². The van der Waals surface area contributed by atoms with Gasteiger partial charge in [0.1, 0.15) is 11.3 Å². The molecule has 0 aliphatic carbocycles. The van der Waals surface area contributed by atoms with Crippen LogP contribution in [0, 0.1) is 10.1 Å². The van der Waals surface area contributed by atoms with Crippen molar-refractivity contribution in [3.63, 3.8) is 0 Å². The van der Waals surface area contributed by atoms with E-state index in [2.05, 4.69) is 5.32 Å². The van der Waals surface area contributed by atoms with Gasteiger partial charge in [-0.25, -0.2) is 0 Å². The predicted molar refractivity (Wildman–Crippen MR) is 128 cm³/mol. The number of anilines is 1. The van der Waals surface area contributed by atoms with E-state index >= 15 is 0 Å². The Hall–Kier alpha value is -4.46. The van der Waals surface area contributed by atoms with Gasteiger partial charge in [0.05, 0.1) is 17.7 Å². The molecule has 172 valence electrons. The molecule has 1 heterocycles. The number of benzene rings is 3. The number of hydrogen-bond acceptors (Lipinski definition) is 5. The normalized spacial score (nSPS) is 19.5. The molecular formula is C26H23N3O5. The number of amides is 2. The van der Waals surface area contributed by atoms with E-state index in [1.165, 1.54) is 18.1 Å². The molecule has 34 heavy (non-hydrogen) atoms. The smallest absolute Gasteiger partial charge is 0.273 e. The second kappa shape index (κ2) is 9.19. The fourth-order valence-electron chi connectivity index (χ4n) is 4.14. The minimum atomic E-state index is -1.52. The van der Waals surface area contributed by atoms with Crippen LogP contribution in [-0.2, 0) is 4.79 Å². The van der Waals surface area contributed by atoms with Gasteiger partial charge in [-0.05, 0) is 31.2 Å². The molecule has 1 aliphatic rings. The number of carbonyl (C=O) groups is 2. The molecule has 8 nitrogen and oxygen atoms in total. The third kappa shape index (κ3) is 4.13. The van der Waals surface area contributed by atoms with Crippen molar-refractivity contribution in [3.05, 3.63) is 112 Å². The molecule has 3 aromatic carbocycles. The van der Waals surface area contributed by atoms with Gasteiger partial charge in [-0.15, -0.1) is 0 Å². The molecule has 0 saturated heterocycles. The average molecular weight is 457 g/mol. The lowest BCUT2D eigenvalue weighted by Crippen LogP contribution is -2.62. The molecule has 1 N–H and O–H groups in total. The van der Waals surface area contributed by atoms with E-state index in [1.807, 2.05) is 0 Å². The standard InChI is InChI=1S/C26H23N3O5/c1-26(27-24(30)18-9-4-3-5-10-18)22(21-13-6-7-14-23(21)29(32)33)15-16-28(25(26)31)19-11-8-12-20(17-19)34-2/h3-17,22H,1-2H3,(H,27,30)/t22-,26-/m0/s1. The Kier molecular flexibility index (Phi) is 6.14. The fraction of sp³-hybridized carbons (Fsp3) is 0.154. The second-order valence-electron chi connectivity index (χ2n) is 8.03. The monoisotopic (exact) mass is 457 g/mol. The first-order chi connectivity index (χ1) is 16.3. The maximum Gasteiger partial charge on any atom is 0.273 e. The predicted octanol–water partition coefficient (Wildman–Crippen LogP) is 4.44. The lowest BCUT2D eigenvalue weighted by atomic mass is 9.76. The molecular weight excluding hydrogens is 434 g/mol. The zero-order valence-electron chi connectivity index (χ0n) is 18.7. The summed E-state index contributed by atoms with van der Waals surface area (Å²) >= 11 is 0.